The molecule has 2 amide bonds. The first-order valence-electron chi connectivity index (χ1n) is 8.42. The second-order valence-corrected chi connectivity index (χ2v) is 8.03. The van der Waals surface area contributed by atoms with Crippen molar-refractivity contribution >= 4 is 61.3 Å². The van der Waals surface area contributed by atoms with Gasteiger partial charge in [0.2, 0.25) is 0 Å². The third kappa shape index (κ3) is 4.05. The van der Waals surface area contributed by atoms with Gasteiger partial charge in [-0.2, -0.15) is 0 Å². The summed E-state index contributed by atoms with van der Waals surface area (Å²) >= 11 is 13.9. The maximum Gasteiger partial charge on any atom is 0.324 e. The number of hydrogen-bond acceptors (Lipinski definition) is 2. The Morgan fingerprint density at radius 1 is 0.931 bits per heavy atom. The first-order valence-corrected chi connectivity index (χ1v) is 9.99. The molecule has 29 heavy (non-hydrogen) atoms. The Kier molecular flexibility index (Phi) is 5.41. The number of nitrogens with one attached hydrogen (secondary N) is 2. The smallest absolute Gasteiger partial charge is 0.305 e. The lowest BCUT2D eigenvalue weighted by Gasteiger charge is -2.10. The molecular weight excluding hydrogens is 437 g/mol. The van der Waals surface area contributed by atoms with Crippen LogP contribution in [0.5, 0.6) is 0 Å². The number of urea groups is 1. The Labute approximate surface area is 178 Å². The average molecular weight is 449 g/mol. The van der Waals surface area contributed by atoms with Gasteiger partial charge in [0.1, 0.15) is 16.6 Å². The van der Waals surface area contributed by atoms with E-state index in [1.54, 1.807) is 18.2 Å². The molecule has 1 aromatic heterocycles. The lowest BCUT2D eigenvalue weighted by atomic mass is 10.0. The van der Waals surface area contributed by atoms with E-state index in [2.05, 4.69) is 10.6 Å². The number of benzene rings is 3. The van der Waals surface area contributed by atoms with Crippen molar-refractivity contribution in [2.24, 2.45) is 0 Å². The Balaban J connectivity index is 1.74. The second kappa shape index (κ2) is 7.99. The summed E-state index contributed by atoms with van der Waals surface area (Å²) in [6.45, 7) is 0. The minimum absolute atomic E-state index is 0.132. The van der Waals surface area contributed by atoms with Crippen molar-refractivity contribution in [1.29, 1.82) is 0 Å². The molecule has 0 atom stereocenters. The molecule has 0 bridgehead atoms. The van der Waals surface area contributed by atoms with Gasteiger partial charge in [0.25, 0.3) is 0 Å². The van der Waals surface area contributed by atoms with E-state index in [0.29, 0.717) is 26.7 Å². The van der Waals surface area contributed by atoms with Crippen molar-refractivity contribution in [1.82, 2.24) is 0 Å². The topological polar surface area (TPSA) is 41.1 Å². The maximum atomic E-state index is 13.8. The lowest BCUT2D eigenvalue weighted by molar-refractivity contribution is 0.262. The van der Waals surface area contributed by atoms with Gasteiger partial charge in [-0.25, -0.2) is 13.6 Å². The largest absolute Gasteiger partial charge is 0.324 e. The number of halogens is 4. The molecule has 0 aliphatic heterocycles. The Bertz CT molecular complexity index is 1240. The molecule has 0 radical (unpaired) electrons. The van der Waals surface area contributed by atoms with Crippen LogP contribution in [0.15, 0.2) is 60.7 Å². The van der Waals surface area contributed by atoms with Gasteiger partial charge in [-0.3, -0.25) is 5.32 Å². The normalized spacial score (nSPS) is 10.9. The molecule has 0 saturated heterocycles. The number of carbonyl (C=O) groups excluding carboxylic acids is 1. The van der Waals surface area contributed by atoms with Gasteiger partial charge >= 0.3 is 6.03 Å². The van der Waals surface area contributed by atoms with E-state index in [4.69, 9.17) is 23.2 Å². The zero-order valence-electron chi connectivity index (χ0n) is 14.6. The summed E-state index contributed by atoms with van der Waals surface area (Å²) < 4.78 is 27.8. The highest BCUT2D eigenvalue weighted by Crippen LogP contribution is 2.45. The van der Waals surface area contributed by atoms with Gasteiger partial charge < -0.3 is 5.32 Å². The summed E-state index contributed by atoms with van der Waals surface area (Å²) in [5.74, 6) is -1.59. The van der Waals surface area contributed by atoms with Crippen LogP contribution in [0.4, 0.5) is 24.3 Å². The number of carbonyl (C=O) groups is 1. The molecule has 3 aromatic carbocycles. The molecule has 0 unspecified atom stereocenters. The van der Waals surface area contributed by atoms with Crippen molar-refractivity contribution in [3.63, 3.8) is 0 Å². The molecule has 2 N–H and O–H groups in total. The number of thiophene rings is 1. The van der Waals surface area contributed by atoms with Crippen molar-refractivity contribution in [3.8, 4) is 11.1 Å². The SMILES string of the molecule is O=C(Nc1ccc(F)cc1F)Nc1sc2ccc(Cl)cc2c1-c1ccccc1Cl. The number of amides is 2. The standard InChI is InChI=1S/C21H12Cl2F2N2OS/c22-11-5-8-18-14(9-11)19(13-3-1-2-4-15(13)23)20(29-18)27-21(28)26-17-7-6-12(24)10-16(17)25/h1-10H,(H2,26,27,28). The predicted molar refractivity (Wildman–Crippen MR) is 116 cm³/mol. The van der Waals surface area contributed by atoms with Gasteiger partial charge in [0.15, 0.2) is 0 Å². The predicted octanol–water partition coefficient (Wildman–Crippen LogP) is 7.80. The van der Waals surface area contributed by atoms with Crippen LogP contribution in [-0.4, -0.2) is 6.03 Å². The molecule has 4 aromatic rings. The lowest BCUT2D eigenvalue weighted by Crippen LogP contribution is -2.20. The summed E-state index contributed by atoms with van der Waals surface area (Å²) in [6, 6.07) is 14.9. The third-order valence-electron chi connectivity index (χ3n) is 4.20. The summed E-state index contributed by atoms with van der Waals surface area (Å²) in [4.78, 5) is 12.5. The van der Waals surface area contributed by atoms with E-state index in [1.807, 2.05) is 24.3 Å². The number of rotatable bonds is 3. The first-order chi connectivity index (χ1) is 13.9. The van der Waals surface area contributed by atoms with E-state index >= 15 is 0 Å². The molecule has 0 fully saturated rings. The second-order valence-electron chi connectivity index (χ2n) is 6.13. The number of anilines is 2. The number of fused-ring (bicyclic) bond motifs is 1. The molecule has 0 spiro atoms. The summed E-state index contributed by atoms with van der Waals surface area (Å²) in [6.07, 6.45) is 0. The Morgan fingerprint density at radius 2 is 1.72 bits per heavy atom. The van der Waals surface area contributed by atoms with Gasteiger partial charge in [-0.05, 0) is 36.4 Å². The summed E-state index contributed by atoms with van der Waals surface area (Å²) in [5, 5.41) is 7.55. The molecule has 1 heterocycles. The first kappa shape index (κ1) is 19.6. The summed E-state index contributed by atoms with van der Waals surface area (Å²) in [5.41, 5.74) is 1.31. The van der Waals surface area contributed by atoms with Gasteiger partial charge in [0.05, 0.1) is 5.69 Å². The molecule has 0 saturated carbocycles. The summed E-state index contributed by atoms with van der Waals surface area (Å²) in [7, 11) is 0. The average Bonchev–Trinajstić information content (AvgIpc) is 3.01. The van der Waals surface area contributed by atoms with Crippen LogP contribution in [0.2, 0.25) is 10.0 Å². The van der Waals surface area contributed by atoms with Gasteiger partial charge in [-0.1, -0.05) is 41.4 Å². The van der Waals surface area contributed by atoms with Crippen LogP contribution in [0.25, 0.3) is 21.2 Å². The Hall–Kier alpha value is -2.67. The van der Waals surface area contributed by atoms with Crippen LogP contribution in [0, 0.1) is 11.6 Å². The van der Waals surface area contributed by atoms with E-state index in [0.717, 1.165) is 27.8 Å². The van der Waals surface area contributed by atoms with E-state index in [9.17, 15) is 13.6 Å². The maximum absolute atomic E-state index is 13.8. The van der Waals surface area contributed by atoms with Crippen LogP contribution >= 0.6 is 34.5 Å². The van der Waals surface area contributed by atoms with Crippen molar-refractivity contribution in [2.45, 2.75) is 0 Å². The molecule has 0 aliphatic carbocycles. The third-order valence-corrected chi connectivity index (χ3v) is 5.85. The van der Waals surface area contributed by atoms with E-state index in [-0.39, 0.29) is 5.69 Å². The molecule has 0 aliphatic rings. The highest BCUT2D eigenvalue weighted by atomic mass is 35.5. The molecule has 4 rings (SSSR count). The van der Waals surface area contributed by atoms with Crippen LogP contribution in [0.3, 0.4) is 0 Å². The van der Waals surface area contributed by atoms with E-state index in [1.165, 1.54) is 11.3 Å². The van der Waals surface area contributed by atoms with Crippen LogP contribution < -0.4 is 10.6 Å². The highest BCUT2D eigenvalue weighted by Gasteiger charge is 2.19. The fourth-order valence-electron chi connectivity index (χ4n) is 2.94. The molecular formula is C21H12Cl2F2N2OS. The minimum Gasteiger partial charge on any atom is -0.305 e. The molecule has 146 valence electrons. The van der Waals surface area contributed by atoms with Crippen molar-refractivity contribution in [2.75, 3.05) is 10.6 Å². The minimum atomic E-state index is -0.866. The quantitative estimate of drug-likeness (QED) is 0.329. The van der Waals surface area contributed by atoms with Crippen molar-refractivity contribution < 1.29 is 13.6 Å². The zero-order chi connectivity index (χ0) is 20.5. The fourth-order valence-corrected chi connectivity index (χ4v) is 4.43. The van der Waals surface area contributed by atoms with Crippen LogP contribution in [0.1, 0.15) is 0 Å². The highest BCUT2D eigenvalue weighted by molar-refractivity contribution is 7.23. The zero-order valence-corrected chi connectivity index (χ0v) is 16.9. The fraction of sp³-hybridized carbons (Fsp3) is 0. The molecule has 3 nitrogen and oxygen atoms in total. The van der Waals surface area contributed by atoms with Crippen molar-refractivity contribution in [3.05, 3.63) is 82.3 Å². The monoisotopic (exact) mass is 448 g/mol. The molecule has 8 heteroatoms. The van der Waals surface area contributed by atoms with Gasteiger partial charge in [-0.15, -0.1) is 11.3 Å². The number of hydrogen-bond donors (Lipinski definition) is 2. The Morgan fingerprint density at radius 3 is 2.48 bits per heavy atom. The van der Waals surface area contributed by atoms with E-state index < -0.39 is 17.7 Å². The van der Waals surface area contributed by atoms with Crippen LogP contribution in [-0.2, 0) is 0 Å². The van der Waals surface area contributed by atoms with Gasteiger partial charge in [0, 0.05) is 37.3 Å².